The van der Waals surface area contributed by atoms with E-state index in [0.717, 1.165) is 5.56 Å². The number of nitrogens with zero attached hydrogens (tertiary/aromatic N) is 2. The number of esters is 1. The highest BCUT2D eigenvalue weighted by molar-refractivity contribution is 6.10. The van der Waals surface area contributed by atoms with Crippen molar-refractivity contribution in [2.75, 3.05) is 13.2 Å². The fourth-order valence-corrected chi connectivity index (χ4v) is 3.24. The molecule has 0 atom stereocenters. The summed E-state index contributed by atoms with van der Waals surface area (Å²) in [5.41, 5.74) is 2.67. The van der Waals surface area contributed by atoms with E-state index in [2.05, 4.69) is 6.58 Å². The fraction of sp³-hybridized carbons (Fsp3) is 0.261. The minimum Gasteiger partial charge on any atom is -0.454 e. The maximum Gasteiger partial charge on any atom is 0.326 e. The highest BCUT2D eigenvalue weighted by atomic mass is 16.5. The Morgan fingerprint density at radius 1 is 1.03 bits per heavy atom. The average molecular weight is 392 g/mol. The van der Waals surface area contributed by atoms with Crippen LogP contribution in [0.15, 0.2) is 61.2 Å². The van der Waals surface area contributed by atoms with Gasteiger partial charge < -0.3 is 9.64 Å². The Morgan fingerprint density at radius 2 is 1.66 bits per heavy atom. The van der Waals surface area contributed by atoms with Gasteiger partial charge in [0.05, 0.1) is 0 Å². The topological polar surface area (TPSA) is 66.9 Å². The summed E-state index contributed by atoms with van der Waals surface area (Å²) in [7, 11) is 0. The molecule has 150 valence electrons. The molecule has 0 saturated carbocycles. The fourth-order valence-electron chi connectivity index (χ4n) is 3.24. The van der Waals surface area contributed by atoms with Crippen LogP contribution in [0.1, 0.15) is 35.3 Å². The Bertz CT molecular complexity index is 902. The quantitative estimate of drug-likeness (QED) is 0.679. The van der Waals surface area contributed by atoms with Crippen LogP contribution in [0.3, 0.4) is 0 Å². The Hall–Kier alpha value is -3.41. The lowest BCUT2D eigenvalue weighted by molar-refractivity contribution is -0.153. The summed E-state index contributed by atoms with van der Waals surface area (Å²) in [5.74, 6) is -1.22. The summed E-state index contributed by atoms with van der Waals surface area (Å²) in [6.07, 6.45) is 0. The predicted octanol–water partition coefficient (Wildman–Crippen LogP) is 3.09. The van der Waals surface area contributed by atoms with Crippen molar-refractivity contribution in [2.24, 2.45) is 0 Å². The maximum atomic E-state index is 12.6. The van der Waals surface area contributed by atoms with E-state index in [9.17, 15) is 14.4 Å². The molecule has 0 saturated heterocycles. The molecule has 0 radical (unpaired) electrons. The average Bonchev–Trinajstić information content (AvgIpc) is 2.96. The van der Waals surface area contributed by atoms with Crippen LogP contribution in [0.2, 0.25) is 0 Å². The lowest BCUT2D eigenvalue weighted by atomic mass is 10.1. The molecule has 29 heavy (non-hydrogen) atoms. The zero-order chi connectivity index (χ0) is 21.0. The number of carbonyl (C=O) groups is 3. The minimum atomic E-state index is -0.649. The second kappa shape index (κ2) is 8.73. The number of fused-ring (bicyclic) bond motifs is 1. The van der Waals surface area contributed by atoms with Crippen LogP contribution >= 0.6 is 0 Å². The molecule has 0 unspecified atom stereocenters. The highest BCUT2D eigenvalue weighted by Gasteiger charge is 2.32. The Balaban J connectivity index is 1.56. The van der Waals surface area contributed by atoms with E-state index in [1.54, 1.807) is 23.1 Å². The SMILES string of the molecule is C=C1c2ccccc2C(=O)N1CC(=O)OCC(=O)N(Cc1ccccc1)C(C)C. The van der Waals surface area contributed by atoms with Crippen LogP contribution in [0.4, 0.5) is 0 Å². The Kier molecular flexibility index (Phi) is 6.12. The number of amides is 2. The van der Waals surface area contributed by atoms with Crippen molar-refractivity contribution in [3.05, 3.63) is 77.9 Å². The molecule has 0 aromatic heterocycles. The second-order valence-electron chi connectivity index (χ2n) is 7.15. The smallest absolute Gasteiger partial charge is 0.326 e. The first-order valence-electron chi connectivity index (χ1n) is 9.47. The van der Waals surface area contributed by atoms with Gasteiger partial charge in [0, 0.05) is 29.4 Å². The molecule has 0 N–H and O–H groups in total. The molecule has 0 bridgehead atoms. The van der Waals surface area contributed by atoms with Gasteiger partial charge >= 0.3 is 5.97 Å². The van der Waals surface area contributed by atoms with Crippen LogP contribution in [-0.4, -0.2) is 46.8 Å². The van der Waals surface area contributed by atoms with Crippen molar-refractivity contribution in [1.29, 1.82) is 0 Å². The molecule has 6 heteroatoms. The Labute approximate surface area is 170 Å². The van der Waals surface area contributed by atoms with Crippen molar-refractivity contribution in [1.82, 2.24) is 9.80 Å². The zero-order valence-electron chi connectivity index (χ0n) is 16.6. The van der Waals surface area contributed by atoms with Crippen molar-refractivity contribution < 1.29 is 19.1 Å². The van der Waals surface area contributed by atoms with Gasteiger partial charge in [0.2, 0.25) is 0 Å². The third kappa shape index (κ3) is 4.54. The number of carbonyl (C=O) groups excluding carboxylic acids is 3. The summed E-state index contributed by atoms with van der Waals surface area (Å²) in [6.45, 7) is 7.50. The monoisotopic (exact) mass is 392 g/mol. The van der Waals surface area contributed by atoms with Crippen LogP contribution in [0.5, 0.6) is 0 Å². The van der Waals surface area contributed by atoms with E-state index in [1.165, 1.54) is 4.90 Å². The van der Waals surface area contributed by atoms with Crippen LogP contribution < -0.4 is 0 Å². The molecule has 1 aliphatic rings. The van der Waals surface area contributed by atoms with Gasteiger partial charge in [-0.2, -0.15) is 0 Å². The molecule has 2 aromatic carbocycles. The van der Waals surface area contributed by atoms with Crippen LogP contribution in [0.25, 0.3) is 5.70 Å². The molecular weight excluding hydrogens is 368 g/mol. The van der Waals surface area contributed by atoms with E-state index in [0.29, 0.717) is 23.4 Å². The summed E-state index contributed by atoms with van der Waals surface area (Å²) in [4.78, 5) is 40.3. The molecule has 0 aliphatic carbocycles. The highest BCUT2D eigenvalue weighted by Crippen LogP contribution is 2.30. The van der Waals surface area contributed by atoms with Crippen LogP contribution in [-0.2, 0) is 20.9 Å². The zero-order valence-corrected chi connectivity index (χ0v) is 16.6. The standard InChI is InChI=1S/C23H24N2O4/c1-16(2)24(13-18-9-5-4-6-10-18)21(26)15-29-22(27)14-25-17(3)19-11-7-8-12-20(19)23(25)28/h4-12,16H,3,13-15H2,1-2H3. The molecule has 1 aliphatic heterocycles. The van der Waals surface area contributed by atoms with Crippen molar-refractivity contribution in [2.45, 2.75) is 26.4 Å². The van der Waals surface area contributed by atoms with E-state index < -0.39 is 5.97 Å². The predicted molar refractivity (Wildman–Crippen MR) is 110 cm³/mol. The van der Waals surface area contributed by atoms with Crippen LogP contribution in [0, 0.1) is 0 Å². The molecule has 2 amide bonds. The van der Waals surface area contributed by atoms with Gasteiger partial charge in [0.15, 0.2) is 6.61 Å². The van der Waals surface area contributed by atoms with Gasteiger partial charge in [-0.25, -0.2) is 0 Å². The lowest BCUT2D eigenvalue weighted by Crippen LogP contribution is -2.40. The van der Waals surface area contributed by atoms with Gasteiger partial charge in [0.1, 0.15) is 6.54 Å². The lowest BCUT2D eigenvalue weighted by Gasteiger charge is -2.27. The molecule has 1 heterocycles. The molecule has 3 rings (SSSR count). The first kappa shape index (κ1) is 20.3. The third-order valence-electron chi connectivity index (χ3n) is 4.82. The van der Waals surface area contributed by atoms with E-state index in [1.807, 2.05) is 50.2 Å². The summed E-state index contributed by atoms with van der Waals surface area (Å²) < 4.78 is 5.16. The molecule has 0 spiro atoms. The first-order valence-corrected chi connectivity index (χ1v) is 9.47. The summed E-state index contributed by atoms with van der Waals surface area (Å²) >= 11 is 0. The van der Waals surface area contributed by atoms with E-state index in [-0.39, 0.29) is 31.0 Å². The summed E-state index contributed by atoms with van der Waals surface area (Å²) in [5, 5.41) is 0. The Morgan fingerprint density at radius 3 is 2.28 bits per heavy atom. The molecule has 0 fully saturated rings. The van der Waals surface area contributed by atoms with Crippen molar-refractivity contribution in [3.63, 3.8) is 0 Å². The summed E-state index contributed by atoms with van der Waals surface area (Å²) in [6, 6.07) is 16.6. The number of hydrogen-bond donors (Lipinski definition) is 0. The minimum absolute atomic E-state index is 0.0455. The van der Waals surface area contributed by atoms with Gasteiger partial charge in [-0.05, 0) is 25.5 Å². The number of hydrogen-bond acceptors (Lipinski definition) is 4. The molecular formula is C23H24N2O4. The maximum absolute atomic E-state index is 12.6. The number of benzene rings is 2. The second-order valence-corrected chi connectivity index (χ2v) is 7.15. The van der Waals surface area contributed by atoms with Gasteiger partial charge in [-0.1, -0.05) is 55.1 Å². The van der Waals surface area contributed by atoms with Gasteiger partial charge in [-0.3, -0.25) is 19.3 Å². The van der Waals surface area contributed by atoms with Crippen molar-refractivity contribution >= 4 is 23.5 Å². The molecule has 2 aromatic rings. The largest absolute Gasteiger partial charge is 0.454 e. The van der Waals surface area contributed by atoms with E-state index in [4.69, 9.17) is 4.74 Å². The third-order valence-corrected chi connectivity index (χ3v) is 4.82. The van der Waals surface area contributed by atoms with Gasteiger partial charge in [0.25, 0.3) is 11.8 Å². The normalized spacial score (nSPS) is 12.9. The van der Waals surface area contributed by atoms with Crippen molar-refractivity contribution in [3.8, 4) is 0 Å². The number of ether oxygens (including phenoxy) is 1. The van der Waals surface area contributed by atoms with E-state index >= 15 is 0 Å². The number of rotatable bonds is 7. The first-order chi connectivity index (χ1) is 13.9. The molecule has 6 nitrogen and oxygen atoms in total. The van der Waals surface area contributed by atoms with Gasteiger partial charge in [-0.15, -0.1) is 0 Å².